The van der Waals surface area contributed by atoms with Crippen molar-refractivity contribution >= 4 is 5.78 Å². The van der Waals surface area contributed by atoms with Crippen molar-refractivity contribution in [1.29, 1.82) is 0 Å². The standard InChI is InChI=1S/C14H17NO2/c16-14-12-7-15(8-13(14)10-17-9-12)6-11-4-2-1-3-5-11/h1-5,12-13H,6-10H2/t12-,13?/m1/s1. The average Bonchev–Trinajstić information content (AvgIpc) is 2.32. The van der Waals surface area contributed by atoms with Crippen LogP contribution in [-0.2, 0) is 16.1 Å². The maximum atomic E-state index is 11.9. The maximum absolute atomic E-state index is 11.9. The zero-order valence-corrected chi connectivity index (χ0v) is 9.84. The van der Waals surface area contributed by atoms with E-state index in [0.29, 0.717) is 19.0 Å². The summed E-state index contributed by atoms with van der Waals surface area (Å²) in [5, 5.41) is 0. The van der Waals surface area contributed by atoms with Gasteiger partial charge in [0.15, 0.2) is 0 Å². The fraction of sp³-hybridized carbons (Fsp3) is 0.500. The number of fused-ring (bicyclic) bond motifs is 2. The Morgan fingerprint density at radius 1 is 1.12 bits per heavy atom. The molecule has 1 unspecified atom stereocenters. The van der Waals surface area contributed by atoms with E-state index in [9.17, 15) is 4.79 Å². The van der Waals surface area contributed by atoms with E-state index in [1.54, 1.807) is 0 Å². The fourth-order valence-corrected chi connectivity index (χ4v) is 2.80. The van der Waals surface area contributed by atoms with Gasteiger partial charge in [0.05, 0.1) is 25.0 Å². The number of likely N-dealkylation sites (tertiary alicyclic amines) is 1. The van der Waals surface area contributed by atoms with Gasteiger partial charge in [0.1, 0.15) is 5.78 Å². The number of ether oxygens (including phenoxy) is 1. The predicted molar refractivity (Wildman–Crippen MR) is 64.5 cm³/mol. The summed E-state index contributed by atoms with van der Waals surface area (Å²) in [6.45, 7) is 3.87. The van der Waals surface area contributed by atoms with Crippen molar-refractivity contribution in [3.63, 3.8) is 0 Å². The van der Waals surface area contributed by atoms with Gasteiger partial charge in [0.25, 0.3) is 0 Å². The van der Waals surface area contributed by atoms with Crippen molar-refractivity contribution in [3.05, 3.63) is 35.9 Å². The molecule has 2 saturated heterocycles. The molecule has 3 heteroatoms. The van der Waals surface area contributed by atoms with Crippen molar-refractivity contribution in [3.8, 4) is 0 Å². The Hall–Kier alpha value is -1.19. The second-order valence-corrected chi connectivity index (χ2v) is 5.01. The number of hydrogen-bond acceptors (Lipinski definition) is 3. The molecule has 0 spiro atoms. The lowest BCUT2D eigenvalue weighted by molar-refractivity contribution is -0.145. The highest BCUT2D eigenvalue weighted by Crippen LogP contribution is 2.24. The third-order valence-corrected chi connectivity index (χ3v) is 3.65. The van der Waals surface area contributed by atoms with Gasteiger partial charge in [0.2, 0.25) is 0 Å². The van der Waals surface area contributed by atoms with Gasteiger partial charge in [-0.25, -0.2) is 0 Å². The zero-order valence-electron chi connectivity index (χ0n) is 9.84. The number of carbonyl (C=O) groups excluding carboxylic acids is 1. The monoisotopic (exact) mass is 231 g/mol. The van der Waals surface area contributed by atoms with Crippen LogP contribution in [0.5, 0.6) is 0 Å². The maximum Gasteiger partial charge on any atom is 0.146 e. The van der Waals surface area contributed by atoms with Crippen molar-refractivity contribution in [2.24, 2.45) is 11.8 Å². The number of hydrogen-bond donors (Lipinski definition) is 0. The molecule has 3 rings (SSSR count). The summed E-state index contributed by atoms with van der Waals surface area (Å²) >= 11 is 0. The van der Waals surface area contributed by atoms with E-state index in [1.807, 2.05) is 6.07 Å². The summed E-state index contributed by atoms with van der Waals surface area (Å²) in [6.07, 6.45) is 0. The first-order chi connectivity index (χ1) is 8.33. The Kier molecular flexibility index (Phi) is 2.95. The van der Waals surface area contributed by atoms with E-state index in [2.05, 4.69) is 29.2 Å². The minimum atomic E-state index is 0.103. The Bertz CT molecular complexity index is 388. The third-order valence-electron chi connectivity index (χ3n) is 3.65. The second kappa shape index (κ2) is 4.59. The molecule has 1 aromatic rings. The lowest BCUT2D eigenvalue weighted by atomic mass is 9.86. The molecular formula is C14H17NO2. The first-order valence-corrected chi connectivity index (χ1v) is 6.20. The van der Waals surface area contributed by atoms with Crippen LogP contribution in [0.25, 0.3) is 0 Å². The Morgan fingerprint density at radius 2 is 1.76 bits per heavy atom. The molecule has 17 heavy (non-hydrogen) atoms. The molecule has 0 saturated carbocycles. The van der Waals surface area contributed by atoms with Crippen LogP contribution in [0.1, 0.15) is 5.56 Å². The molecule has 2 fully saturated rings. The molecule has 2 aliphatic rings. The highest BCUT2D eigenvalue weighted by Gasteiger charge is 2.38. The molecule has 1 aromatic carbocycles. The van der Waals surface area contributed by atoms with Gasteiger partial charge in [-0.2, -0.15) is 0 Å². The Morgan fingerprint density at radius 3 is 2.41 bits per heavy atom. The molecule has 3 nitrogen and oxygen atoms in total. The van der Waals surface area contributed by atoms with E-state index in [0.717, 1.165) is 19.6 Å². The van der Waals surface area contributed by atoms with E-state index in [-0.39, 0.29) is 11.8 Å². The van der Waals surface area contributed by atoms with Crippen LogP contribution >= 0.6 is 0 Å². The van der Waals surface area contributed by atoms with E-state index in [1.165, 1.54) is 5.56 Å². The third kappa shape index (κ3) is 2.26. The molecule has 0 aliphatic carbocycles. The molecule has 2 aliphatic heterocycles. The SMILES string of the molecule is O=C1C2COC[C@H]1CN(Cc1ccccc1)C2. The first kappa shape index (κ1) is 10.9. The summed E-state index contributed by atoms with van der Waals surface area (Å²) in [6, 6.07) is 10.4. The summed E-state index contributed by atoms with van der Waals surface area (Å²) in [7, 11) is 0. The van der Waals surface area contributed by atoms with Crippen LogP contribution < -0.4 is 0 Å². The zero-order chi connectivity index (χ0) is 11.7. The number of rotatable bonds is 2. The topological polar surface area (TPSA) is 29.5 Å². The highest BCUT2D eigenvalue weighted by atomic mass is 16.5. The molecule has 90 valence electrons. The van der Waals surface area contributed by atoms with E-state index < -0.39 is 0 Å². The van der Waals surface area contributed by atoms with Gasteiger partial charge >= 0.3 is 0 Å². The van der Waals surface area contributed by atoms with Crippen molar-refractivity contribution in [2.45, 2.75) is 6.54 Å². The largest absolute Gasteiger partial charge is 0.380 e. The van der Waals surface area contributed by atoms with Crippen LogP contribution in [0.3, 0.4) is 0 Å². The smallest absolute Gasteiger partial charge is 0.146 e. The number of Topliss-reactive ketones (excluding diaryl/α,β-unsaturated/α-hetero) is 1. The van der Waals surface area contributed by atoms with E-state index >= 15 is 0 Å². The van der Waals surface area contributed by atoms with Crippen LogP contribution in [0.2, 0.25) is 0 Å². The van der Waals surface area contributed by atoms with Crippen LogP contribution in [0.15, 0.2) is 30.3 Å². The van der Waals surface area contributed by atoms with Gasteiger partial charge in [0, 0.05) is 19.6 Å². The number of carbonyl (C=O) groups is 1. The Labute approximate surface area is 101 Å². The predicted octanol–water partition coefficient (Wildman–Crippen LogP) is 1.33. The van der Waals surface area contributed by atoms with Gasteiger partial charge in [-0.15, -0.1) is 0 Å². The summed E-state index contributed by atoms with van der Waals surface area (Å²) in [4.78, 5) is 14.3. The van der Waals surface area contributed by atoms with Gasteiger partial charge in [-0.1, -0.05) is 30.3 Å². The molecule has 0 radical (unpaired) electrons. The minimum Gasteiger partial charge on any atom is -0.380 e. The molecule has 2 bridgehead atoms. The first-order valence-electron chi connectivity index (χ1n) is 6.20. The molecule has 2 heterocycles. The van der Waals surface area contributed by atoms with Crippen LogP contribution in [-0.4, -0.2) is 37.0 Å². The normalized spacial score (nSPS) is 29.3. The number of ketones is 1. The molecule has 0 N–H and O–H groups in total. The summed E-state index contributed by atoms with van der Waals surface area (Å²) < 4.78 is 5.46. The lowest BCUT2D eigenvalue weighted by Crippen LogP contribution is -2.52. The average molecular weight is 231 g/mol. The molecule has 0 aromatic heterocycles. The fourth-order valence-electron chi connectivity index (χ4n) is 2.80. The second-order valence-electron chi connectivity index (χ2n) is 5.01. The van der Waals surface area contributed by atoms with Crippen molar-refractivity contribution in [2.75, 3.05) is 26.3 Å². The number of nitrogens with zero attached hydrogens (tertiary/aromatic N) is 1. The summed E-state index contributed by atoms with van der Waals surface area (Å²) in [5.41, 5.74) is 1.32. The Balaban J connectivity index is 1.68. The van der Waals surface area contributed by atoms with Crippen LogP contribution in [0, 0.1) is 11.8 Å². The molecule has 0 amide bonds. The van der Waals surface area contributed by atoms with Crippen molar-refractivity contribution < 1.29 is 9.53 Å². The van der Waals surface area contributed by atoms with Gasteiger partial charge in [-0.05, 0) is 5.56 Å². The van der Waals surface area contributed by atoms with Crippen molar-refractivity contribution in [1.82, 2.24) is 4.90 Å². The minimum absolute atomic E-state index is 0.103. The molecular weight excluding hydrogens is 214 g/mol. The lowest BCUT2D eigenvalue weighted by Gasteiger charge is -2.39. The number of piperidine rings is 1. The van der Waals surface area contributed by atoms with Gasteiger partial charge in [-0.3, -0.25) is 9.69 Å². The molecule has 2 atom stereocenters. The highest BCUT2D eigenvalue weighted by molar-refractivity contribution is 5.85. The quantitative estimate of drug-likeness (QED) is 0.769. The summed E-state index contributed by atoms with van der Waals surface area (Å²) in [5.74, 6) is 0.623. The van der Waals surface area contributed by atoms with Crippen LogP contribution in [0.4, 0.5) is 0 Å². The number of benzene rings is 1. The van der Waals surface area contributed by atoms with E-state index in [4.69, 9.17) is 4.74 Å². The van der Waals surface area contributed by atoms with Gasteiger partial charge < -0.3 is 4.74 Å².